The minimum Gasteiger partial charge on any atom is -0.378 e. The Balaban J connectivity index is 1.65. The summed E-state index contributed by atoms with van der Waals surface area (Å²) in [7, 11) is 0. The number of benzene rings is 2. The average Bonchev–Trinajstić information content (AvgIpc) is 2.82. The van der Waals surface area contributed by atoms with Crippen molar-refractivity contribution < 1.29 is 4.74 Å². The number of hydrogen-bond donors (Lipinski definition) is 0. The van der Waals surface area contributed by atoms with Gasteiger partial charge < -0.3 is 9.64 Å². The standard InChI is InChI=1S/C25H27N3O2/c1-19-4-2-3-5-23(19)24(18-25(27-29)21-10-12-26-13-11-21)20-6-8-22(9-7-20)28-14-16-30-17-15-28/h2-13,24-25H,14-18H2,1H3. The van der Waals surface area contributed by atoms with Crippen molar-refractivity contribution in [3.63, 3.8) is 0 Å². The molecule has 0 aliphatic carbocycles. The van der Waals surface area contributed by atoms with Gasteiger partial charge in [-0.05, 0) is 59.9 Å². The van der Waals surface area contributed by atoms with E-state index in [4.69, 9.17) is 4.74 Å². The molecule has 30 heavy (non-hydrogen) atoms. The molecule has 2 aromatic carbocycles. The first-order valence-corrected chi connectivity index (χ1v) is 10.5. The van der Waals surface area contributed by atoms with Gasteiger partial charge in [-0.15, -0.1) is 0 Å². The fourth-order valence-electron chi connectivity index (χ4n) is 4.21. The van der Waals surface area contributed by atoms with Crippen LogP contribution in [0.3, 0.4) is 0 Å². The number of nitrogens with zero attached hydrogens (tertiary/aromatic N) is 3. The zero-order valence-electron chi connectivity index (χ0n) is 17.3. The Bertz CT molecular complexity index is 954. The van der Waals surface area contributed by atoms with Crippen LogP contribution in [0.2, 0.25) is 0 Å². The average molecular weight is 402 g/mol. The van der Waals surface area contributed by atoms with E-state index >= 15 is 0 Å². The second-order valence-electron chi connectivity index (χ2n) is 7.74. The third-order valence-corrected chi connectivity index (χ3v) is 5.91. The fraction of sp³-hybridized carbons (Fsp3) is 0.320. The van der Waals surface area contributed by atoms with Crippen LogP contribution in [0.1, 0.15) is 40.6 Å². The summed E-state index contributed by atoms with van der Waals surface area (Å²) < 4.78 is 5.47. The molecular weight excluding hydrogens is 374 g/mol. The van der Waals surface area contributed by atoms with Crippen LogP contribution in [0.15, 0.2) is 78.2 Å². The van der Waals surface area contributed by atoms with Crippen molar-refractivity contribution in [1.82, 2.24) is 4.98 Å². The number of morpholine rings is 1. The number of aryl methyl sites for hydroxylation is 1. The number of anilines is 1. The van der Waals surface area contributed by atoms with E-state index in [1.54, 1.807) is 12.4 Å². The number of hydrogen-bond acceptors (Lipinski definition) is 5. The van der Waals surface area contributed by atoms with Crippen LogP contribution in [-0.4, -0.2) is 31.3 Å². The minimum absolute atomic E-state index is 0.0841. The van der Waals surface area contributed by atoms with Gasteiger partial charge in [0.15, 0.2) is 0 Å². The van der Waals surface area contributed by atoms with Crippen LogP contribution in [0.25, 0.3) is 0 Å². The van der Waals surface area contributed by atoms with Crippen molar-refractivity contribution >= 4 is 5.69 Å². The second kappa shape index (κ2) is 9.63. The zero-order valence-corrected chi connectivity index (χ0v) is 17.3. The normalized spacial score (nSPS) is 16.1. The molecule has 3 aromatic rings. The summed E-state index contributed by atoms with van der Waals surface area (Å²) in [5.41, 5.74) is 5.77. The van der Waals surface area contributed by atoms with Crippen molar-refractivity contribution in [3.8, 4) is 0 Å². The van der Waals surface area contributed by atoms with E-state index in [2.05, 4.69) is 70.5 Å². The van der Waals surface area contributed by atoms with E-state index in [-0.39, 0.29) is 5.92 Å². The first-order valence-electron chi connectivity index (χ1n) is 10.5. The number of pyridine rings is 1. The van der Waals surface area contributed by atoms with Crippen molar-refractivity contribution in [2.75, 3.05) is 31.2 Å². The van der Waals surface area contributed by atoms with Gasteiger partial charge in [0.2, 0.25) is 0 Å². The molecular formula is C25H27N3O2. The predicted octanol–water partition coefficient (Wildman–Crippen LogP) is 5.26. The van der Waals surface area contributed by atoms with E-state index in [0.717, 1.165) is 31.9 Å². The topological polar surface area (TPSA) is 54.8 Å². The molecule has 1 fully saturated rings. The van der Waals surface area contributed by atoms with Gasteiger partial charge in [-0.3, -0.25) is 4.98 Å². The Morgan fingerprint density at radius 3 is 2.33 bits per heavy atom. The Labute approximate surface area is 177 Å². The van der Waals surface area contributed by atoms with Gasteiger partial charge in [0, 0.05) is 37.1 Å². The molecule has 154 valence electrons. The van der Waals surface area contributed by atoms with Crippen LogP contribution >= 0.6 is 0 Å². The molecule has 0 bridgehead atoms. The van der Waals surface area contributed by atoms with E-state index in [0.29, 0.717) is 6.42 Å². The van der Waals surface area contributed by atoms with Gasteiger partial charge in [0.1, 0.15) is 6.04 Å². The smallest absolute Gasteiger partial charge is 0.118 e. The molecule has 5 nitrogen and oxygen atoms in total. The van der Waals surface area contributed by atoms with Crippen molar-refractivity contribution in [3.05, 3.63) is 100 Å². The van der Waals surface area contributed by atoms with Gasteiger partial charge in [-0.1, -0.05) is 41.6 Å². The molecule has 0 radical (unpaired) electrons. The molecule has 2 atom stereocenters. The predicted molar refractivity (Wildman–Crippen MR) is 120 cm³/mol. The lowest BCUT2D eigenvalue weighted by Crippen LogP contribution is -2.36. The number of aromatic nitrogens is 1. The van der Waals surface area contributed by atoms with Gasteiger partial charge in [-0.25, -0.2) is 0 Å². The fourth-order valence-corrected chi connectivity index (χ4v) is 4.21. The Hall–Kier alpha value is -3.05. The first-order chi connectivity index (χ1) is 14.8. The minimum atomic E-state index is -0.420. The van der Waals surface area contributed by atoms with Crippen LogP contribution in [0.5, 0.6) is 0 Å². The summed E-state index contributed by atoms with van der Waals surface area (Å²) in [6.45, 7) is 5.50. The maximum absolute atomic E-state index is 11.8. The summed E-state index contributed by atoms with van der Waals surface area (Å²) in [6, 6.07) is 20.5. The summed E-state index contributed by atoms with van der Waals surface area (Å²) in [4.78, 5) is 18.2. The molecule has 2 heterocycles. The molecule has 1 aromatic heterocycles. The highest BCUT2D eigenvalue weighted by Gasteiger charge is 2.23. The second-order valence-corrected chi connectivity index (χ2v) is 7.74. The Kier molecular flexibility index (Phi) is 6.50. The van der Waals surface area contributed by atoms with Crippen LogP contribution < -0.4 is 4.90 Å². The summed E-state index contributed by atoms with van der Waals surface area (Å²) in [5, 5.41) is 3.47. The molecule has 0 spiro atoms. The molecule has 0 N–H and O–H groups in total. The van der Waals surface area contributed by atoms with E-state index in [1.807, 2.05) is 12.1 Å². The van der Waals surface area contributed by atoms with E-state index in [1.165, 1.54) is 22.4 Å². The Morgan fingerprint density at radius 1 is 0.967 bits per heavy atom. The zero-order chi connectivity index (χ0) is 20.8. The first kappa shape index (κ1) is 20.2. The highest BCUT2D eigenvalue weighted by molar-refractivity contribution is 5.50. The quantitative estimate of drug-likeness (QED) is 0.507. The molecule has 5 heteroatoms. The lowest BCUT2D eigenvalue weighted by Gasteiger charge is -2.29. The SMILES string of the molecule is Cc1ccccc1C(CC(N=O)c1ccncc1)c1ccc(N2CCOCC2)cc1. The summed E-state index contributed by atoms with van der Waals surface area (Å²) in [5.74, 6) is 0.0841. The van der Waals surface area contributed by atoms with Crippen molar-refractivity contribution in [2.24, 2.45) is 5.18 Å². The molecule has 1 saturated heterocycles. The highest BCUT2D eigenvalue weighted by Crippen LogP contribution is 2.37. The van der Waals surface area contributed by atoms with Crippen LogP contribution in [0.4, 0.5) is 5.69 Å². The summed E-state index contributed by atoms with van der Waals surface area (Å²) >= 11 is 0. The highest BCUT2D eigenvalue weighted by atomic mass is 16.5. The number of rotatable bonds is 7. The lowest BCUT2D eigenvalue weighted by atomic mass is 9.82. The van der Waals surface area contributed by atoms with Gasteiger partial charge in [0.05, 0.1) is 13.2 Å². The summed E-state index contributed by atoms with van der Waals surface area (Å²) in [6.07, 6.45) is 4.05. The van der Waals surface area contributed by atoms with Gasteiger partial charge >= 0.3 is 0 Å². The van der Waals surface area contributed by atoms with E-state index in [9.17, 15) is 4.91 Å². The molecule has 1 aliphatic heterocycles. The van der Waals surface area contributed by atoms with Crippen LogP contribution in [0, 0.1) is 11.8 Å². The van der Waals surface area contributed by atoms with Gasteiger partial charge in [0.25, 0.3) is 0 Å². The maximum Gasteiger partial charge on any atom is 0.118 e. The lowest BCUT2D eigenvalue weighted by molar-refractivity contribution is 0.122. The monoisotopic (exact) mass is 401 g/mol. The third kappa shape index (κ3) is 4.57. The van der Waals surface area contributed by atoms with Crippen molar-refractivity contribution in [2.45, 2.75) is 25.3 Å². The molecule has 4 rings (SSSR count). The largest absolute Gasteiger partial charge is 0.378 e. The molecule has 2 unspecified atom stereocenters. The third-order valence-electron chi connectivity index (χ3n) is 5.91. The molecule has 0 amide bonds. The van der Waals surface area contributed by atoms with Gasteiger partial charge in [-0.2, -0.15) is 4.91 Å². The van der Waals surface area contributed by atoms with Crippen molar-refractivity contribution in [1.29, 1.82) is 0 Å². The number of nitroso groups, excluding NO2 is 1. The Morgan fingerprint density at radius 2 is 1.67 bits per heavy atom. The maximum atomic E-state index is 11.8. The molecule has 0 saturated carbocycles. The molecule has 1 aliphatic rings. The van der Waals surface area contributed by atoms with E-state index < -0.39 is 6.04 Å². The number of ether oxygens (including phenoxy) is 1. The van der Waals surface area contributed by atoms with Crippen LogP contribution in [-0.2, 0) is 4.74 Å².